The average Bonchev–Trinajstić information content (AvgIpc) is 2.85. The summed E-state index contributed by atoms with van der Waals surface area (Å²) in [5.41, 5.74) is 3.53. The number of anilines is 2. The standard InChI is InChI=1S/C26H20FN5O2/c1-15-12-18(4-6-21(15)27)30-25-24-20(19-5-3-17(26(33)34)13-22(19)31-25)14-29-23(32-24)7-2-16-8-10-28-11-9-16/h3-6,8-14H,2,7H2,1H3,(H,30,31)(H,33,34). The number of carboxylic acids is 1. The molecule has 0 spiro atoms. The number of aromatic nitrogens is 4. The van der Waals surface area contributed by atoms with Crippen molar-refractivity contribution in [1.29, 1.82) is 0 Å². The first-order valence-electron chi connectivity index (χ1n) is 10.7. The second kappa shape index (κ2) is 8.82. The molecule has 3 aromatic heterocycles. The van der Waals surface area contributed by atoms with Gasteiger partial charge in [-0.05, 0) is 66.9 Å². The number of hydrogen-bond donors (Lipinski definition) is 2. The highest BCUT2D eigenvalue weighted by atomic mass is 19.1. The second-order valence-corrected chi connectivity index (χ2v) is 7.99. The van der Waals surface area contributed by atoms with Gasteiger partial charge in [0.15, 0.2) is 5.82 Å². The lowest BCUT2D eigenvalue weighted by Gasteiger charge is -2.13. The third-order valence-electron chi connectivity index (χ3n) is 5.64. The lowest BCUT2D eigenvalue weighted by Crippen LogP contribution is -2.04. The zero-order valence-electron chi connectivity index (χ0n) is 18.3. The molecule has 0 atom stereocenters. The molecule has 2 N–H and O–H groups in total. The van der Waals surface area contributed by atoms with Crippen molar-refractivity contribution in [2.45, 2.75) is 19.8 Å². The Balaban J connectivity index is 1.62. The third kappa shape index (κ3) is 4.25. The Bertz CT molecular complexity index is 1540. The van der Waals surface area contributed by atoms with E-state index in [4.69, 9.17) is 4.98 Å². The fraction of sp³-hybridized carbons (Fsp3) is 0.115. The zero-order valence-corrected chi connectivity index (χ0v) is 18.3. The summed E-state index contributed by atoms with van der Waals surface area (Å²) < 4.78 is 13.8. The monoisotopic (exact) mass is 453 g/mol. The quantitative estimate of drug-likeness (QED) is 0.339. The molecule has 8 heteroatoms. The lowest BCUT2D eigenvalue weighted by molar-refractivity contribution is 0.0697. The van der Waals surface area contributed by atoms with E-state index in [0.717, 1.165) is 22.8 Å². The van der Waals surface area contributed by atoms with E-state index >= 15 is 0 Å². The number of aryl methyl sites for hydroxylation is 3. The number of nitrogens with zero attached hydrogens (tertiary/aromatic N) is 4. The van der Waals surface area contributed by atoms with Gasteiger partial charge in [-0.3, -0.25) is 4.98 Å². The summed E-state index contributed by atoms with van der Waals surface area (Å²) in [4.78, 5) is 29.6. The van der Waals surface area contributed by atoms with Crippen molar-refractivity contribution in [3.8, 4) is 0 Å². The Labute approximate surface area is 194 Å². The molecule has 0 aliphatic heterocycles. The number of fused-ring (bicyclic) bond motifs is 3. The Hall–Kier alpha value is -4.46. The fourth-order valence-electron chi connectivity index (χ4n) is 3.83. The van der Waals surface area contributed by atoms with Gasteiger partial charge in [-0.2, -0.15) is 0 Å². The normalized spacial score (nSPS) is 11.1. The lowest BCUT2D eigenvalue weighted by atomic mass is 10.1. The number of aromatic carboxylic acids is 1. The van der Waals surface area contributed by atoms with Gasteiger partial charge >= 0.3 is 5.97 Å². The van der Waals surface area contributed by atoms with E-state index in [1.807, 2.05) is 12.1 Å². The number of benzene rings is 2. The first-order chi connectivity index (χ1) is 16.5. The van der Waals surface area contributed by atoms with Crippen LogP contribution in [0.5, 0.6) is 0 Å². The van der Waals surface area contributed by atoms with Crippen LogP contribution in [0.3, 0.4) is 0 Å². The van der Waals surface area contributed by atoms with Gasteiger partial charge in [0.1, 0.15) is 17.2 Å². The van der Waals surface area contributed by atoms with Crippen molar-refractivity contribution < 1.29 is 14.3 Å². The molecule has 7 nitrogen and oxygen atoms in total. The Morgan fingerprint density at radius 1 is 1.00 bits per heavy atom. The van der Waals surface area contributed by atoms with Crippen molar-refractivity contribution >= 4 is 39.3 Å². The maximum absolute atomic E-state index is 13.8. The molecule has 5 rings (SSSR count). The topological polar surface area (TPSA) is 101 Å². The molecule has 0 unspecified atom stereocenters. The van der Waals surface area contributed by atoms with Gasteiger partial charge in [0.05, 0.1) is 11.1 Å². The van der Waals surface area contributed by atoms with Crippen LogP contribution in [0.25, 0.3) is 21.8 Å². The zero-order chi connectivity index (χ0) is 23.7. The molecule has 168 valence electrons. The molecule has 3 heterocycles. The van der Waals surface area contributed by atoms with Gasteiger partial charge in [-0.15, -0.1) is 0 Å². The van der Waals surface area contributed by atoms with Crippen LogP contribution in [0.4, 0.5) is 15.9 Å². The van der Waals surface area contributed by atoms with Crippen LogP contribution < -0.4 is 5.32 Å². The van der Waals surface area contributed by atoms with Crippen molar-refractivity contribution in [2.24, 2.45) is 0 Å². The fourth-order valence-corrected chi connectivity index (χ4v) is 3.83. The minimum Gasteiger partial charge on any atom is -0.478 e. The van der Waals surface area contributed by atoms with Crippen LogP contribution in [0.15, 0.2) is 67.1 Å². The van der Waals surface area contributed by atoms with Crippen molar-refractivity contribution in [1.82, 2.24) is 19.9 Å². The molecule has 0 saturated carbocycles. The Morgan fingerprint density at radius 3 is 2.59 bits per heavy atom. The van der Waals surface area contributed by atoms with E-state index in [1.165, 1.54) is 12.1 Å². The maximum atomic E-state index is 13.8. The SMILES string of the molecule is Cc1cc(Nc2nc3cc(C(=O)O)ccc3c3cnc(CCc4ccncc4)nc23)ccc1F. The van der Waals surface area contributed by atoms with E-state index in [-0.39, 0.29) is 11.4 Å². The number of nitrogens with one attached hydrogen (secondary N) is 1. The molecule has 0 amide bonds. The number of rotatable bonds is 6. The van der Waals surface area contributed by atoms with E-state index in [2.05, 4.69) is 20.3 Å². The predicted octanol–water partition coefficient (Wildman–Crippen LogP) is 5.25. The summed E-state index contributed by atoms with van der Waals surface area (Å²) in [7, 11) is 0. The van der Waals surface area contributed by atoms with Gasteiger partial charge in [0.2, 0.25) is 0 Å². The van der Waals surface area contributed by atoms with Crippen molar-refractivity contribution in [3.05, 3.63) is 95.5 Å². The van der Waals surface area contributed by atoms with Crippen molar-refractivity contribution in [2.75, 3.05) is 5.32 Å². The Morgan fingerprint density at radius 2 is 1.82 bits per heavy atom. The summed E-state index contributed by atoms with van der Waals surface area (Å²) in [5.74, 6) is -0.224. The summed E-state index contributed by atoms with van der Waals surface area (Å²) in [6, 6.07) is 13.4. The molecule has 0 saturated heterocycles. The third-order valence-corrected chi connectivity index (χ3v) is 5.64. The number of hydrogen-bond acceptors (Lipinski definition) is 6. The molecule has 0 radical (unpaired) electrons. The number of carbonyl (C=O) groups is 1. The summed E-state index contributed by atoms with van der Waals surface area (Å²) in [6.07, 6.45) is 6.65. The number of carboxylic acid groups (broad SMARTS) is 1. The van der Waals surface area contributed by atoms with Crippen LogP contribution in [-0.2, 0) is 12.8 Å². The second-order valence-electron chi connectivity index (χ2n) is 7.99. The van der Waals surface area contributed by atoms with E-state index in [0.29, 0.717) is 40.3 Å². The van der Waals surface area contributed by atoms with E-state index in [1.54, 1.807) is 49.8 Å². The highest BCUT2D eigenvalue weighted by Gasteiger charge is 2.14. The number of halogens is 1. The molecule has 5 aromatic rings. The van der Waals surface area contributed by atoms with Gasteiger partial charge < -0.3 is 10.4 Å². The van der Waals surface area contributed by atoms with Crippen LogP contribution >= 0.6 is 0 Å². The molecule has 0 aliphatic rings. The maximum Gasteiger partial charge on any atom is 0.335 e. The minimum absolute atomic E-state index is 0.137. The molecular weight excluding hydrogens is 433 g/mol. The largest absolute Gasteiger partial charge is 0.478 e. The van der Waals surface area contributed by atoms with E-state index < -0.39 is 5.97 Å². The van der Waals surface area contributed by atoms with Crippen molar-refractivity contribution in [3.63, 3.8) is 0 Å². The van der Waals surface area contributed by atoms with Gasteiger partial charge in [-0.1, -0.05) is 6.07 Å². The van der Waals surface area contributed by atoms with Gasteiger partial charge in [-0.25, -0.2) is 24.1 Å². The van der Waals surface area contributed by atoms with Crippen LogP contribution in [0.1, 0.15) is 27.3 Å². The highest BCUT2D eigenvalue weighted by molar-refractivity contribution is 6.09. The average molecular weight is 453 g/mol. The predicted molar refractivity (Wildman–Crippen MR) is 128 cm³/mol. The first kappa shape index (κ1) is 21.4. The Kier molecular flexibility index (Phi) is 5.55. The summed E-state index contributed by atoms with van der Waals surface area (Å²) in [6.45, 7) is 1.69. The molecular formula is C26H20FN5O2. The van der Waals surface area contributed by atoms with Crippen LogP contribution in [0.2, 0.25) is 0 Å². The first-order valence-corrected chi connectivity index (χ1v) is 10.7. The van der Waals surface area contributed by atoms with Crippen LogP contribution in [-0.4, -0.2) is 31.0 Å². The highest BCUT2D eigenvalue weighted by Crippen LogP contribution is 2.30. The van der Waals surface area contributed by atoms with E-state index in [9.17, 15) is 14.3 Å². The molecule has 0 aliphatic carbocycles. The van der Waals surface area contributed by atoms with Gasteiger partial charge in [0.25, 0.3) is 0 Å². The van der Waals surface area contributed by atoms with Crippen LogP contribution in [0, 0.1) is 12.7 Å². The summed E-state index contributed by atoms with van der Waals surface area (Å²) >= 11 is 0. The van der Waals surface area contributed by atoms with Gasteiger partial charge in [0, 0.05) is 41.5 Å². The molecule has 2 aromatic carbocycles. The molecule has 0 fully saturated rings. The molecule has 0 bridgehead atoms. The molecule has 34 heavy (non-hydrogen) atoms. The summed E-state index contributed by atoms with van der Waals surface area (Å²) in [5, 5.41) is 14.1. The smallest absolute Gasteiger partial charge is 0.335 e. The minimum atomic E-state index is -1.03. The number of pyridine rings is 2.